The zero-order valence-electron chi connectivity index (χ0n) is 10.5. The van der Waals surface area contributed by atoms with Crippen molar-refractivity contribution in [1.29, 1.82) is 0 Å². The number of ether oxygens (including phenoxy) is 1. The lowest BCUT2D eigenvalue weighted by molar-refractivity contribution is 0.0692. The molecule has 0 spiro atoms. The van der Waals surface area contributed by atoms with Crippen LogP contribution in [0.5, 0.6) is 5.75 Å². The monoisotopic (exact) mass is 275 g/mol. The molecule has 1 N–H and O–H groups in total. The second-order valence-corrected chi connectivity index (χ2v) is 5.69. The van der Waals surface area contributed by atoms with Crippen LogP contribution in [-0.4, -0.2) is 22.7 Å². The number of hydrogen-bond donors (Lipinski definition) is 1. The van der Waals surface area contributed by atoms with Gasteiger partial charge in [0.2, 0.25) is 0 Å². The van der Waals surface area contributed by atoms with Crippen LogP contribution in [0.4, 0.5) is 0 Å². The summed E-state index contributed by atoms with van der Waals surface area (Å²) in [6.45, 7) is 2.58. The van der Waals surface area contributed by atoms with Crippen molar-refractivity contribution in [3.05, 3.63) is 34.5 Å². The highest BCUT2D eigenvalue weighted by atomic mass is 32.1. The Morgan fingerprint density at radius 1 is 1.47 bits per heavy atom. The van der Waals surface area contributed by atoms with E-state index >= 15 is 0 Å². The molecule has 98 valence electrons. The van der Waals surface area contributed by atoms with Gasteiger partial charge in [-0.15, -0.1) is 11.3 Å². The van der Waals surface area contributed by atoms with Gasteiger partial charge in [0, 0.05) is 0 Å². The van der Waals surface area contributed by atoms with Crippen LogP contribution in [0.15, 0.2) is 18.2 Å². The summed E-state index contributed by atoms with van der Waals surface area (Å²) in [4.78, 5) is 16.0. The molecule has 0 saturated heterocycles. The molecule has 1 aromatic carbocycles. The van der Waals surface area contributed by atoms with Crippen LogP contribution in [-0.2, 0) is 6.42 Å². The lowest BCUT2D eigenvalue weighted by Crippen LogP contribution is -2.08. The van der Waals surface area contributed by atoms with Crippen molar-refractivity contribution in [3.63, 3.8) is 0 Å². The second kappa shape index (κ2) is 4.66. The van der Waals surface area contributed by atoms with E-state index in [0.717, 1.165) is 46.2 Å². The standard InChI is InChI=1S/C14H13NO3S/c1-8-15-12(14(16)17)13(19-8)10-4-5-11-9(7-10)3-2-6-18-11/h4-5,7H,2-3,6H2,1H3,(H,16,17). The number of hydrogen-bond acceptors (Lipinski definition) is 4. The third-order valence-electron chi connectivity index (χ3n) is 3.11. The molecular formula is C14H13NO3S. The number of carbonyl (C=O) groups is 1. The number of aromatic nitrogens is 1. The van der Waals surface area contributed by atoms with Crippen molar-refractivity contribution >= 4 is 17.3 Å². The van der Waals surface area contributed by atoms with Crippen molar-refractivity contribution in [3.8, 4) is 16.2 Å². The molecule has 0 amide bonds. The molecule has 19 heavy (non-hydrogen) atoms. The number of aromatic carboxylic acids is 1. The van der Waals surface area contributed by atoms with Crippen LogP contribution >= 0.6 is 11.3 Å². The molecule has 1 aliphatic rings. The van der Waals surface area contributed by atoms with Gasteiger partial charge in [0.25, 0.3) is 0 Å². The fourth-order valence-corrected chi connectivity index (χ4v) is 3.18. The molecule has 4 nitrogen and oxygen atoms in total. The Balaban J connectivity index is 2.09. The van der Waals surface area contributed by atoms with Crippen molar-refractivity contribution < 1.29 is 14.6 Å². The number of nitrogens with zero attached hydrogens (tertiary/aromatic N) is 1. The molecule has 0 radical (unpaired) electrons. The van der Waals surface area contributed by atoms with Crippen molar-refractivity contribution in [2.24, 2.45) is 0 Å². The summed E-state index contributed by atoms with van der Waals surface area (Å²) < 4.78 is 5.57. The van der Waals surface area contributed by atoms with E-state index in [-0.39, 0.29) is 5.69 Å². The first-order valence-electron chi connectivity index (χ1n) is 6.12. The Hall–Kier alpha value is -1.88. The lowest BCUT2D eigenvalue weighted by Gasteiger charge is -2.17. The molecule has 1 aliphatic heterocycles. The van der Waals surface area contributed by atoms with Crippen LogP contribution in [0.1, 0.15) is 27.5 Å². The molecule has 5 heteroatoms. The summed E-state index contributed by atoms with van der Waals surface area (Å²) in [7, 11) is 0. The Morgan fingerprint density at radius 3 is 3.11 bits per heavy atom. The Bertz CT molecular complexity index is 648. The Labute approximate surface area is 114 Å². The molecular weight excluding hydrogens is 262 g/mol. The summed E-state index contributed by atoms with van der Waals surface area (Å²) in [6, 6.07) is 5.85. The van der Waals surface area contributed by atoms with E-state index in [9.17, 15) is 9.90 Å². The highest BCUT2D eigenvalue weighted by Gasteiger charge is 2.19. The predicted molar refractivity (Wildman–Crippen MR) is 73.1 cm³/mol. The molecule has 0 bridgehead atoms. The van der Waals surface area contributed by atoms with Crippen LogP contribution in [0, 0.1) is 6.92 Å². The molecule has 2 aromatic rings. The van der Waals surface area contributed by atoms with Gasteiger partial charge in [-0.25, -0.2) is 9.78 Å². The smallest absolute Gasteiger partial charge is 0.356 e. The highest BCUT2D eigenvalue weighted by molar-refractivity contribution is 7.15. The van der Waals surface area contributed by atoms with Crippen LogP contribution in [0.2, 0.25) is 0 Å². The maximum Gasteiger partial charge on any atom is 0.356 e. The van der Waals surface area contributed by atoms with Gasteiger partial charge in [-0.2, -0.15) is 0 Å². The SMILES string of the molecule is Cc1nc(C(=O)O)c(-c2ccc3c(c2)CCCO3)s1. The van der Waals surface area contributed by atoms with E-state index in [1.54, 1.807) is 0 Å². The molecule has 0 saturated carbocycles. The largest absolute Gasteiger partial charge is 0.493 e. The predicted octanol–water partition coefficient (Wildman–Crippen LogP) is 3.14. The van der Waals surface area contributed by atoms with Gasteiger partial charge in [0.05, 0.1) is 16.5 Å². The van der Waals surface area contributed by atoms with E-state index in [1.165, 1.54) is 11.3 Å². The summed E-state index contributed by atoms with van der Waals surface area (Å²) in [5.41, 5.74) is 2.19. The highest BCUT2D eigenvalue weighted by Crippen LogP contribution is 2.34. The zero-order valence-corrected chi connectivity index (χ0v) is 11.3. The average Bonchev–Trinajstić information content (AvgIpc) is 2.80. The summed E-state index contributed by atoms with van der Waals surface area (Å²) in [6.07, 6.45) is 1.98. The minimum Gasteiger partial charge on any atom is -0.493 e. The summed E-state index contributed by atoms with van der Waals surface area (Å²) >= 11 is 1.41. The molecule has 3 rings (SSSR count). The normalized spacial score (nSPS) is 13.7. The summed E-state index contributed by atoms with van der Waals surface area (Å²) in [5, 5.41) is 9.96. The average molecular weight is 275 g/mol. The van der Waals surface area contributed by atoms with E-state index < -0.39 is 5.97 Å². The molecule has 0 unspecified atom stereocenters. The maximum absolute atomic E-state index is 11.2. The molecule has 0 aliphatic carbocycles. The number of benzene rings is 1. The van der Waals surface area contributed by atoms with Gasteiger partial charge in [-0.1, -0.05) is 0 Å². The number of rotatable bonds is 2. The van der Waals surface area contributed by atoms with E-state index in [1.807, 2.05) is 25.1 Å². The topological polar surface area (TPSA) is 59.4 Å². The van der Waals surface area contributed by atoms with Gasteiger partial charge in [-0.05, 0) is 49.1 Å². The van der Waals surface area contributed by atoms with Crippen molar-refractivity contribution in [2.75, 3.05) is 6.61 Å². The van der Waals surface area contributed by atoms with Gasteiger partial charge >= 0.3 is 5.97 Å². The van der Waals surface area contributed by atoms with Crippen LogP contribution in [0.25, 0.3) is 10.4 Å². The first-order valence-corrected chi connectivity index (χ1v) is 6.93. The Kier molecular flexibility index (Phi) is 2.98. The minimum absolute atomic E-state index is 0.138. The lowest BCUT2D eigenvalue weighted by atomic mass is 10.0. The number of carboxylic acids is 1. The molecule has 1 aromatic heterocycles. The van der Waals surface area contributed by atoms with Gasteiger partial charge < -0.3 is 9.84 Å². The number of thiazole rings is 1. The fourth-order valence-electron chi connectivity index (χ4n) is 2.27. The number of fused-ring (bicyclic) bond motifs is 1. The van der Waals surface area contributed by atoms with Crippen molar-refractivity contribution in [1.82, 2.24) is 4.98 Å². The third kappa shape index (κ3) is 2.21. The first kappa shape index (κ1) is 12.2. The van der Waals surface area contributed by atoms with E-state index in [4.69, 9.17) is 4.74 Å². The van der Waals surface area contributed by atoms with E-state index in [0.29, 0.717) is 0 Å². The van der Waals surface area contributed by atoms with Crippen molar-refractivity contribution in [2.45, 2.75) is 19.8 Å². The second-order valence-electron chi connectivity index (χ2n) is 4.49. The van der Waals surface area contributed by atoms with Crippen LogP contribution in [0.3, 0.4) is 0 Å². The van der Waals surface area contributed by atoms with E-state index in [2.05, 4.69) is 4.98 Å². The molecule has 0 atom stereocenters. The van der Waals surface area contributed by atoms with Gasteiger partial charge in [-0.3, -0.25) is 0 Å². The Morgan fingerprint density at radius 2 is 2.32 bits per heavy atom. The quantitative estimate of drug-likeness (QED) is 0.914. The molecule has 0 fully saturated rings. The van der Waals surface area contributed by atoms with Gasteiger partial charge in [0.15, 0.2) is 5.69 Å². The number of aryl methyl sites for hydroxylation is 2. The maximum atomic E-state index is 11.2. The third-order valence-corrected chi connectivity index (χ3v) is 4.13. The van der Waals surface area contributed by atoms with Crippen LogP contribution < -0.4 is 4.74 Å². The first-order chi connectivity index (χ1) is 9.15. The summed E-state index contributed by atoms with van der Waals surface area (Å²) in [5.74, 6) is -0.0681. The fraction of sp³-hybridized carbons (Fsp3) is 0.286. The minimum atomic E-state index is -0.978. The zero-order chi connectivity index (χ0) is 13.4. The van der Waals surface area contributed by atoms with Gasteiger partial charge in [0.1, 0.15) is 5.75 Å². The molecule has 2 heterocycles. The number of carboxylic acid groups (broad SMARTS) is 1.